The van der Waals surface area contributed by atoms with Crippen molar-refractivity contribution >= 4 is 11.9 Å². The predicted octanol–water partition coefficient (Wildman–Crippen LogP) is 2.17. The molecule has 1 amide bonds. The Morgan fingerprint density at radius 1 is 1.18 bits per heavy atom. The van der Waals surface area contributed by atoms with E-state index in [-0.39, 0.29) is 18.6 Å². The van der Waals surface area contributed by atoms with Crippen LogP contribution in [0.1, 0.15) is 37.0 Å². The van der Waals surface area contributed by atoms with Crippen LogP contribution in [0.15, 0.2) is 18.2 Å². The van der Waals surface area contributed by atoms with E-state index in [4.69, 9.17) is 14.2 Å². The summed E-state index contributed by atoms with van der Waals surface area (Å²) >= 11 is 0. The molecule has 1 atom stereocenters. The van der Waals surface area contributed by atoms with E-state index in [0.717, 1.165) is 12.8 Å². The van der Waals surface area contributed by atoms with Gasteiger partial charge < -0.3 is 19.5 Å². The summed E-state index contributed by atoms with van der Waals surface area (Å²) in [7, 11) is 2.99. The normalized spacial score (nSPS) is 11.5. The molecular weight excluding hydrogens is 286 g/mol. The Labute approximate surface area is 130 Å². The summed E-state index contributed by atoms with van der Waals surface area (Å²) in [5, 5.41) is 2.77. The van der Waals surface area contributed by atoms with Crippen LogP contribution in [0.2, 0.25) is 0 Å². The van der Waals surface area contributed by atoms with Gasteiger partial charge in [-0.05, 0) is 31.5 Å². The van der Waals surface area contributed by atoms with Crippen molar-refractivity contribution in [2.24, 2.45) is 0 Å². The zero-order valence-corrected chi connectivity index (χ0v) is 13.5. The van der Waals surface area contributed by atoms with Gasteiger partial charge in [-0.25, -0.2) is 4.79 Å². The molecule has 0 saturated carbocycles. The lowest BCUT2D eigenvalue weighted by Crippen LogP contribution is -2.35. The van der Waals surface area contributed by atoms with Crippen LogP contribution in [0, 0.1) is 0 Å². The number of nitrogens with one attached hydrogen (secondary N) is 1. The Bertz CT molecular complexity index is 515. The third kappa shape index (κ3) is 5.27. The van der Waals surface area contributed by atoms with Crippen LogP contribution in [0.5, 0.6) is 11.5 Å². The molecule has 0 saturated heterocycles. The first kappa shape index (κ1) is 17.8. The number of rotatable bonds is 8. The molecule has 1 N–H and O–H groups in total. The van der Waals surface area contributed by atoms with Crippen molar-refractivity contribution in [3.8, 4) is 11.5 Å². The third-order valence-electron chi connectivity index (χ3n) is 3.08. The van der Waals surface area contributed by atoms with Crippen molar-refractivity contribution in [3.05, 3.63) is 23.8 Å². The predicted molar refractivity (Wildman–Crippen MR) is 82.3 cm³/mol. The Hall–Kier alpha value is -2.24. The standard InChI is InChI=1S/C16H23NO5/c1-5-6-11(2)17-15(18)10-22-16(19)12-7-8-13(20-3)14(9-12)21-4/h7-9,11H,5-6,10H2,1-4H3,(H,17,18)/t11-/m1/s1. The molecule has 122 valence electrons. The molecule has 0 heterocycles. The highest BCUT2D eigenvalue weighted by Gasteiger charge is 2.14. The quantitative estimate of drug-likeness (QED) is 0.745. The van der Waals surface area contributed by atoms with Crippen LogP contribution in [-0.4, -0.2) is 38.7 Å². The van der Waals surface area contributed by atoms with Crippen LogP contribution in [-0.2, 0) is 9.53 Å². The highest BCUT2D eigenvalue weighted by molar-refractivity contribution is 5.92. The van der Waals surface area contributed by atoms with E-state index >= 15 is 0 Å². The van der Waals surface area contributed by atoms with Crippen LogP contribution < -0.4 is 14.8 Å². The number of hydrogen-bond donors (Lipinski definition) is 1. The second kappa shape index (κ2) is 8.92. The van der Waals surface area contributed by atoms with Crippen molar-refractivity contribution < 1.29 is 23.8 Å². The second-order valence-electron chi connectivity index (χ2n) is 4.90. The molecule has 0 unspecified atom stereocenters. The van der Waals surface area contributed by atoms with Gasteiger partial charge in [-0.15, -0.1) is 0 Å². The zero-order valence-electron chi connectivity index (χ0n) is 13.5. The largest absolute Gasteiger partial charge is 0.493 e. The van der Waals surface area contributed by atoms with Gasteiger partial charge in [0.1, 0.15) is 0 Å². The first-order valence-electron chi connectivity index (χ1n) is 7.20. The minimum Gasteiger partial charge on any atom is -0.493 e. The smallest absolute Gasteiger partial charge is 0.338 e. The second-order valence-corrected chi connectivity index (χ2v) is 4.90. The average molecular weight is 309 g/mol. The molecule has 0 aliphatic carbocycles. The van der Waals surface area contributed by atoms with Crippen LogP contribution >= 0.6 is 0 Å². The first-order valence-corrected chi connectivity index (χ1v) is 7.20. The maximum atomic E-state index is 11.9. The third-order valence-corrected chi connectivity index (χ3v) is 3.08. The van der Waals surface area contributed by atoms with Gasteiger partial charge in [0.2, 0.25) is 0 Å². The highest BCUT2D eigenvalue weighted by Crippen LogP contribution is 2.27. The van der Waals surface area contributed by atoms with Crippen molar-refractivity contribution in [2.75, 3.05) is 20.8 Å². The fraction of sp³-hybridized carbons (Fsp3) is 0.500. The topological polar surface area (TPSA) is 73.9 Å². The molecule has 0 aliphatic heterocycles. The molecule has 0 radical (unpaired) electrons. The van der Waals surface area contributed by atoms with Gasteiger partial charge in [0.05, 0.1) is 19.8 Å². The summed E-state index contributed by atoms with van der Waals surface area (Å²) < 4.78 is 15.2. The summed E-state index contributed by atoms with van der Waals surface area (Å²) in [6.45, 7) is 3.65. The van der Waals surface area contributed by atoms with E-state index in [9.17, 15) is 9.59 Å². The summed E-state index contributed by atoms with van der Waals surface area (Å²) in [5.74, 6) is 0.0529. The Morgan fingerprint density at radius 3 is 2.45 bits per heavy atom. The number of benzene rings is 1. The van der Waals surface area contributed by atoms with Gasteiger partial charge in [0.25, 0.3) is 5.91 Å². The van der Waals surface area contributed by atoms with Gasteiger partial charge in [0, 0.05) is 6.04 Å². The molecule has 6 heteroatoms. The maximum Gasteiger partial charge on any atom is 0.338 e. The number of esters is 1. The Morgan fingerprint density at radius 2 is 1.86 bits per heavy atom. The van der Waals surface area contributed by atoms with Crippen LogP contribution in [0.25, 0.3) is 0 Å². The number of carbonyl (C=O) groups is 2. The van der Waals surface area contributed by atoms with Crippen molar-refractivity contribution in [2.45, 2.75) is 32.7 Å². The average Bonchev–Trinajstić information content (AvgIpc) is 2.52. The first-order chi connectivity index (χ1) is 10.5. The van der Waals surface area contributed by atoms with Crippen molar-refractivity contribution in [1.29, 1.82) is 0 Å². The number of ether oxygens (including phenoxy) is 3. The molecule has 0 spiro atoms. The van der Waals surface area contributed by atoms with Gasteiger partial charge in [-0.2, -0.15) is 0 Å². The summed E-state index contributed by atoms with van der Waals surface area (Å²) in [5.41, 5.74) is 0.298. The molecule has 0 aliphatic rings. The van der Waals surface area contributed by atoms with E-state index in [0.29, 0.717) is 17.1 Å². The highest BCUT2D eigenvalue weighted by atomic mass is 16.5. The van der Waals surface area contributed by atoms with Gasteiger partial charge >= 0.3 is 5.97 Å². The van der Waals surface area contributed by atoms with Crippen LogP contribution in [0.4, 0.5) is 0 Å². The Balaban J connectivity index is 2.57. The van der Waals surface area contributed by atoms with E-state index in [1.54, 1.807) is 12.1 Å². The van der Waals surface area contributed by atoms with Crippen molar-refractivity contribution in [3.63, 3.8) is 0 Å². The molecule has 1 rings (SSSR count). The van der Waals surface area contributed by atoms with Gasteiger partial charge in [0.15, 0.2) is 18.1 Å². The summed E-state index contributed by atoms with van der Waals surface area (Å²) in [4.78, 5) is 23.6. The van der Waals surface area contributed by atoms with E-state index in [2.05, 4.69) is 5.32 Å². The molecule has 6 nitrogen and oxygen atoms in total. The van der Waals surface area contributed by atoms with Crippen LogP contribution in [0.3, 0.4) is 0 Å². The summed E-state index contributed by atoms with van der Waals surface area (Å²) in [6, 6.07) is 4.75. The van der Waals surface area contributed by atoms with E-state index in [1.807, 2.05) is 13.8 Å². The monoisotopic (exact) mass is 309 g/mol. The molecular formula is C16H23NO5. The number of hydrogen-bond acceptors (Lipinski definition) is 5. The molecule has 0 aromatic heterocycles. The molecule has 1 aromatic rings. The lowest BCUT2D eigenvalue weighted by molar-refractivity contribution is -0.124. The van der Waals surface area contributed by atoms with E-state index in [1.165, 1.54) is 20.3 Å². The molecule has 0 fully saturated rings. The van der Waals surface area contributed by atoms with E-state index < -0.39 is 5.97 Å². The fourth-order valence-electron chi connectivity index (χ4n) is 2.00. The SMILES string of the molecule is CCC[C@@H](C)NC(=O)COC(=O)c1ccc(OC)c(OC)c1. The molecule has 1 aromatic carbocycles. The molecule has 22 heavy (non-hydrogen) atoms. The maximum absolute atomic E-state index is 11.9. The fourth-order valence-corrected chi connectivity index (χ4v) is 2.00. The van der Waals surface area contributed by atoms with Gasteiger partial charge in [-0.3, -0.25) is 4.79 Å². The minimum atomic E-state index is -0.584. The molecule has 0 bridgehead atoms. The Kier molecular flexibility index (Phi) is 7.22. The van der Waals surface area contributed by atoms with Crippen molar-refractivity contribution in [1.82, 2.24) is 5.32 Å². The minimum absolute atomic E-state index is 0.0669. The summed E-state index contributed by atoms with van der Waals surface area (Å²) in [6.07, 6.45) is 1.86. The zero-order chi connectivity index (χ0) is 16.5. The number of carbonyl (C=O) groups excluding carboxylic acids is 2. The number of methoxy groups -OCH3 is 2. The van der Waals surface area contributed by atoms with Gasteiger partial charge in [-0.1, -0.05) is 13.3 Å². The lowest BCUT2D eigenvalue weighted by atomic mass is 10.2. The lowest BCUT2D eigenvalue weighted by Gasteiger charge is -2.13. The number of amides is 1.